The number of likely N-dealkylation sites (tertiary alicyclic amines) is 1. The molecule has 1 aromatic heterocycles. The fraction of sp³-hybridized carbons (Fsp3) is 0.550. The van der Waals surface area contributed by atoms with E-state index in [2.05, 4.69) is 58.5 Å². The van der Waals surface area contributed by atoms with Crippen LogP contribution in [0.15, 0.2) is 35.3 Å². The number of rotatable bonds is 4. The van der Waals surface area contributed by atoms with Crippen LogP contribution in [0.2, 0.25) is 0 Å². The van der Waals surface area contributed by atoms with Gasteiger partial charge in [0.15, 0.2) is 11.8 Å². The highest BCUT2D eigenvalue weighted by molar-refractivity contribution is 14.0. The van der Waals surface area contributed by atoms with Gasteiger partial charge in [-0.15, -0.1) is 34.2 Å². The first-order valence-electron chi connectivity index (χ1n) is 9.45. The molecule has 0 aliphatic carbocycles. The number of halogens is 1. The molecule has 2 unspecified atom stereocenters. The maximum Gasteiger partial charge on any atom is 0.194 e. The van der Waals surface area contributed by atoms with Crippen molar-refractivity contribution < 1.29 is 0 Å². The highest BCUT2D eigenvalue weighted by Gasteiger charge is 2.24. The third kappa shape index (κ3) is 5.92. The van der Waals surface area contributed by atoms with Crippen molar-refractivity contribution in [2.75, 3.05) is 13.1 Å². The van der Waals surface area contributed by atoms with Crippen molar-refractivity contribution in [2.24, 2.45) is 23.9 Å². The zero-order chi connectivity index (χ0) is 18.5. The Morgan fingerprint density at radius 3 is 2.41 bits per heavy atom. The maximum absolute atomic E-state index is 4.91. The molecule has 2 heterocycles. The van der Waals surface area contributed by atoms with E-state index in [1.807, 2.05) is 24.6 Å². The molecule has 148 valence electrons. The molecule has 1 aliphatic heterocycles. The molecule has 7 heteroatoms. The maximum atomic E-state index is 4.91. The van der Waals surface area contributed by atoms with Crippen LogP contribution in [-0.2, 0) is 20.1 Å². The van der Waals surface area contributed by atoms with Gasteiger partial charge in [-0.2, -0.15) is 0 Å². The molecule has 0 bridgehead atoms. The third-order valence-corrected chi connectivity index (χ3v) is 5.01. The van der Waals surface area contributed by atoms with E-state index in [1.54, 1.807) is 0 Å². The Morgan fingerprint density at radius 1 is 1.15 bits per heavy atom. The SMILES string of the molecule is Cc1nnc(CNC(=NCc2ccccc2)N2CC(C)CC(C)C2)n1C.I. The number of nitrogens with zero attached hydrogens (tertiary/aromatic N) is 5. The van der Waals surface area contributed by atoms with Crippen LogP contribution in [0.4, 0.5) is 0 Å². The van der Waals surface area contributed by atoms with E-state index in [-0.39, 0.29) is 24.0 Å². The molecule has 1 aliphatic rings. The monoisotopic (exact) mass is 482 g/mol. The number of hydrogen-bond donors (Lipinski definition) is 1. The Bertz CT molecular complexity index is 732. The second-order valence-corrected chi connectivity index (χ2v) is 7.55. The van der Waals surface area contributed by atoms with Gasteiger partial charge in [0, 0.05) is 20.1 Å². The van der Waals surface area contributed by atoms with Crippen molar-refractivity contribution in [3.8, 4) is 0 Å². The van der Waals surface area contributed by atoms with E-state index in [0.29, 0.717) is 24.9 Å². The minimum absolute atomic E-state index is 0. The normalized spacial score (nSPS) is 20.3. The standard InChI is InChI=1S/C20H30N6.HI/c1-15-10-16(2)14-26(13-15)20(21-11-18-8-6-5-7-9-18)22-12-19-24-23-17(3)25(19)4;/h5-9,15-16H,10-14H2,1-4H3,(H,21,22);1H. The van der Waals surface area contributed by atoms with Gasteiger partial charge in [0.1, 0.15) is 5.82 Å². The fourth-order valence-electron chi connectivity index (χ4n) is 3.62. The molecule has 1 aromatic carbocycles. The first kappa shape index (κ1) is 21.7. The van der Waals surface area contributed by atoms with E-state index in [9.17, 15) is 0 Å². The fourth-order valence-corrected chi connectivity index (χ4v) is 3.62. The molecule has 2 atom stereocenters. The van der Waals surface area contributed by atoms with Gasteiger partial charge >= 0.3 is 0 Å². The van der Waals surface area contributed by atoms with Gasteiger partial charge in [0.25, 0.3) is 0 Å². The van der Waals surface area contributed by atoms with Crippen LogP contribution in [0, 0.1) is 18.8 Å². The Hall–Kier alpha value is -1.64. The summed E-state index contributed by atoms with van der Waals surface area (Å²) in [7, 11) is 2.00. The van der Waals surface area contributed by atoms with Crippen molar-refractivity contribution in [3.63, 3.8) is 0 Å². The van der Waals surface area contributed by atoms with E-state index in [1.165, 1.54) is 12.0 Å². The third-order valence-electron chi connectivity index (χ3n) is 5.01. The van der Waals surface area contributed by atoms with Crippen molar-refractivity contribution in [2.45, 2.75) is 40.3 Å². The molecule has 1 fully saturated rings. The quantitative estimate of drug-likeness (QED) is 0.413. The highest BCUT2D eigenvalue weighted by atomic mass is 127. The summed E-state index contributed by atoms with van der Waals surface area (Å²) in [6.07, 6.45) is 1.28. The molecule has 0 radical (unpaired) electrons. The van der Waals surface area contributed by atoms with Crippen LogP contribution in [-0.4, -0.2) is 38.7 Å². The Morgan fingerprint density at radius 2 is 1.81 bits per heavy atom. The first-order chi connectivity index (χ1) is 12.5. The summed E-state index contributed by atoms with van der Waals surface area (Å²) in [5.74, 6) is 4.17. The Labute approximate surface area is 179 Å². The number of aryl methyl sites for hydroxylation is 1. The average Bonchev–Trinajstić information content (AvgIpc) is 2.94. The molecule has 1 saturated heterocycles. The first-order valence-corrected chi connectivity index (χ1v) is 9.45. The molecule has 0 amide bonds. The second kappa shape index (κ2) is 10.1. The zero-order valence-electron chi connectivity index (χ0n) is 16.7. The summed E-state index contributed by atoms with van der Waals surface area (Å²) in [6, 6.07) is 10.4. The summed E-state index contributed by atoms with van der Waals surface area (Å²) in [5, 5.41) is 11.9. The molecule has 2 aromatic rings. The predicted molar refractivity (Wildman–Crippen MR) is 120 cm³/mol. The lowest BCUT2D eigenvalue weighted by Crippen LogP contribution is -2.48. The van der Waals surface area contributed by atoms with E-state index in [4.69, 9.17) is 4.99 Å². The van der Waals surface area contributed by atoms with E-state index < -0.39 is 0 Å². The molecule has 27 heavy (non-hydrogen) atoms. The lowest BCUT2D eigenvalue weighted by Gasteiger charge is -2.37. The van der Waals surface area contributed by atoms with Crippen LogP contribution in [0.3, 0.4) is 0 Å². The smallest absolute Gasteiger partial charge is 0.194 e. The summed E-state index contributed by atoms with van der Waals surface area (Å²) < 4.78 is 2.02. The molecule has 1 N–H and O–H groups in total. The van der Waals surface area contributed by atoms with Crippen LogP contribution >= 0.6 is 24.0 Å². The summed E-state index contributed by atoms with van der Waals surface area (Å²) in [6.45, 7) is 10.0. The van der Waals surface area contributed by atoms with Crippen molar-refractivity contribution >= 4 is 29.9 Å². The Kier molecular flexibility index (Phi) is 8.07. The lowest BCUT2D eigenvalue weighted by atomic mass is 9.92. The summed E-state index contributed by atoms with van der Waals surface area (Å²) in [5.41, 5.74) is 1.22. The van der Waals surface area contributed by atoms with Crippen LogP contribution in [0.25, 0.3) is 0 Å². The number of aromatic nitrogens is 3. The average molecular weight is 482 g/mol. The van der Waals surface area contributed by atoms with Gasteiger partial charge in [-0.3, -0.25) is 0 Å². The number of piperidine rings is 1. The van der Waals surface area contributed by atoms with Gasteiger partial charge in [0.05, 0.1) is 13.1 Å². The molecular weight excluding hydrogens is 451 g/mol. The van der Waals surface area contributed by atoms with Gasteiger partial charge in [-0.25, -0.2) is 4.99 Å². The van der Waals surface area contributed by atoms with E-state index >= 15 is 0 Å². The van der Waals surface area contributed by atoms with Gasteiger partial charge in [-0.1, -0.05) is 44.2 Å². The number of hydrogen-bond acceptors (Lipinski definition) is 3. The molecule has 6 nitrogen and oxygen atoms in total. The number of benzene rings is 1. The van der Waals surface area contributed by atoms with Gasteiger partial charge in [-0.05, 0) is 30.7 Å². The summed E-state index contributed by atoms with van der Waals surface area (Å²) >= 11 is 0. The number of aliphatic imine (C=N–C) groups is 1. The zero-order valence-corrected chi connectivity index (χ0v) is 19.1. The van der Waals surface area contributed by atoms with Crippen LogP contribution in [0.5, 0.6) is 0 Å². The molecule has 0 saturated carbocycles. The number of guanidine groups is 1. The minimum atomic E-state index is 0. The largest absolute Gasteiger partial charge is 0.349 e. The van der Waals surface area contributed by atoms with Crippen molar-refractivity contribution in [1.82, 2.24) is 25.0 Å². The van der Waals surface area contributed by atoms with E-state index in [0.717, 1.165) is 30.7 Å². The van der Waals surface area contributed by atoms with Crippen molar-refractivity contribution in [3.05, 3.63) is 47.5 Å². The van der Waals surface area contributed by atoms with Crippen LogP contribution in [0.1, 0.15) is 37.5 Å². The molecule has 0 spiro atoms. The van der Waals surface area contributed by atoms with Gasteiger partial charge in [0.2, 0.25) is 0 Å². The van der Waals surface area contributed by atoms with Crippen molar-refractivity contribution in [1.29, 1.82) is 0 Å². The molecule has 3 rings (SSSR count). The highest BCUT2D eigenvalue weighted by Crippen LogP contribution is 2.21. The topological polar surface area (TPSA) is 58.3 Å². The Balaban J connectivity index is 0.00000261. The van der Waals surface area contributed by atoms with Gasteiger partial charge < -0.3 is 14.8 Å². The second-order valence-electron chi connectivity index (χ2n) is 7.55. The minimum Gasteiger partial charge on any atom is -0.349 e. The molecular formula is C20H31IN6. The van der Waals surface area contributed by atoms with Crippen LogP contribution < -0.4 is 5.32 Å². The summed E-state index contributed by atoms with van der Waals surface area (Å²) in [4.78, 5) is 7.31. The lowest BCUT2D eigenvalue weighted by molar-refractivity contribution is 0.208. The predicted octanol–water partition coefficient (Wildman–Crippen LogP) is 3.37. The number of nitrogens with one attached hydrogen (secondary N) is 1.